The van der Waals surface area contributed by atoms with Crippen LogP contribution in [-0.2, 0) is 10.0 Å². The van der Waals surface area contributed by atoms with Gasteiger partial charge in [0.25, 0.3) is 0 Å². The van der Waals surface area contributed by atoms with E-state index in [1.807, 2.05) is 0 Å². The first kappa shape index (κ1) is 16.0. The van der Waals surface area contributed by atoms with Crippen LogP contribution in [0, 0.1) is 5.92 Å². The van der Waals surface area contributed by atoms with Gasteiger partial charge in [0.05, 0.1) is 10.0 Å². The minimum Gasteiger partial charge on any atom is -0.316 e. The highest BCUT2D eigenvalue weighted by molar-refractivity contribution is 7.89. The highest BCUT2D eigenvalue weighted by atomic mass is 35.5. The fraction of sp³-hybridized carbons (Fsp3) is 0.538. The summed E-state index contributed by atoms with van der Waals surface area (Å²) in [4.78, 5) is -0.00500. The Morgan fingerprint density at radius 3 is 2.55 bits per heavy atom. The summed E-state index contributed by atoms with van der Waals surface area (Å²) >= 11 is 12.0. The number of piperidine rings is 1. The fourth-order valence-corrected chi connectivity index (χ4v) is 4.76. The Bertz CT molecular complexity index is 551. The first-order valence-electron chi connectivity index (χ1n) is 6.54. The zero-order valence-corrected chi connectivity index (χ0v) is 13.6. The van der Waals surface area contributed by atoms with E-state index in [-0.39, 0.29) is 14.9 Å². The molecule has 0 amide bonds. The van der Waals surface area contributed by atoms with E-state index in [0.29, 0.717) is 12.5 Å². The second kappa shape index (κ2) is 6.62. The van der Waals surface area contributed by atoms with Crippen molar-refractivity contribution in [2.45, 2.75) is 17.7 Å². The molecule has 1 saturated heterocycles. The molecule has 0 bridgehead atoms. The van der Waals surface area contributed by atoms with Crippen molar-refractivity contribution in [1.29, 1.82) is 0 Å². The lowest BCUT2D eigenvalue weighted by Gasteiger charge is -2.27. The van der Waals surface area contributed by atoms with E-state index in [0.717, 1.165) is 25.9 Å². The van der Waals surface area contributed by atoms with E-state index < -0.39 is 10.0 Å². The van der Waals surface area contributed by atoms with E-state index >= 15 is 0 Å². The molecule has 4 nitrogen and oxygen atoms in total. The zero-order chi connectivity index (χ0) is 14.8. The molecule has 1 heterocycles. The normalized spacial score (nSPS) is 20.3. The average Bonchev–Trinajstić information content (AvgIpc) is 2.39. The van der Waals surface area contributed by atoms with Crippen molar-refractivity contribution in [3.05, 3.63) is 28.2 Å². The van der Waals surface area contributed by atoms with Crippen LogP contribution in [-0.4, -0.2) is 39.4 Å². The molecular weight excluding hydrogens is 319 g/mol. The van der Waals surface area contributed by atoms with Crippen molar-refractivity contribution in [3.8, 4) is 0 Å². The van der Waals surface area contributed by atoms with Gasteiger partial charge in [-0.05, 0) is 44.0 Å². The van der Waals surface area contributed by atoms with Crippen LogP contribution < -0.4 is 5.32 Å². The Morgan fingerprint density at radius 2 is 2.00 bits per heavy atom. The SMILES string of the molecule is CN(CC1CCCNC1)S(=O)(=O)c1c(Cl)cccc1Cl. The molecule has 1 N–H and O–H groups in total. The van der Waals surface area contributed by atoms with Gasteiger partial charge in [0.15, 0.2) is 0 Å². The number of hydrogen-bond donors (Lipinski definition) is 1. The Labute approximate surface area is 130 Å². The molecule has 1 atom stereocenters. The molecule has 1 aromatic carbocycles. The summed E-state index contributed by atoms with van der Waals surface area (Å²) in [5.74, 6) is 0.324. The third-order valence-electron chi connectivity index (χ3n) is 3.50. The first-order valence-corrected chi connectivity index (χ1v) is 8.73. The van der Waals surface area contributed by atoms with Gasteiger partial charge < -0.3 is 5.32 Å². The van der Waals surface area contributed by atoms with Gasteiger partial charge in [-0.3, -0.25) is 0 Å². The van der Waals surface area contributed by atoms with Crippen molar-refractivity contribution in [1.82, 2.24) is 9.62 Å². The summed E-state index contributed by atoms with van der Waals surface area (Å²) in [7, 11) is -2.09. The molecule has 1 fully saturated rings. The number of sulfonamides is 1. The van der Waals surface area contributed by atoms with Crippen molar-refractivity contribution in [2.24, 2.45) is 5.92 Å². The minimum absolute atomic E-state index is 0.00500. The maximum atomic E-state index is 12.6. The maximum absolute atomic E-state index is 12.6. The number of nitrogens with zero attached hydrogens (tertiary/aromatic N) is 1. The van der Waals surface area contributed by atoms with E-state index in [9.17, 15) is 8.42 Å². The minimum atomic E-state index is -3.66. The molecule has 7 heteroatoms. The summed E-state index contributed by atoms with van der Waals surface area (Å²) in [6.07, 6.45) is 2.11. The molecule has 2 rings (SSSR count). The number of hydrogen-bond acceptors (Lipinski definition) is 3. The second-order valence-electron chi connectivity index (χ2n) is 5.05. The zero-order valence-electron chi connectivity index (χ0n) is 11.3. The van der Waals surface area contributed by atoms with Gasteiger partial charge in [-0.1, -0.05) is 29.3 Å². The van der Waals surface area contributed by atoms with Gasteiger partial charge in [0.2, 0.25) is 10.0 Å². The third-order valence-corrected chi connectivity index (χ3v) is 6.28. The van der Waals surface area contributed by atoms with Crippen LogP contribution in [0.3, 0.4) is 0 Å². The van der Waals surface area contributed by atoms with E-state index in [1.54, 1.807) is 13.1 Å². The molecule has 1 unspecified atom stereocenters. The molecule has 0 aliphatic carbocycles. The number of benzene rings is 1. The smallest absolute Gasteiger partial charge is 0.245 e. The fourth-order valence-electron chi connectivity index (χ4n) is 2.43. The van der Waals surface area contributed by atoms with Crippen LogP contribution in [0.25, 0.3) is 0 Å². The second-order valence-corrected chi connectivity index (χ2v) is 7.84. The van der Waals surface area contributed by atoms with Gasteiger partial charge in [-0.15, -0.1) is 0 Å². The average molecular weight is 337 g/mol. The predicted octanol–water partition coefficient (Wildman–Crippen LogP) is 2.61. The molecule has 1 aromatic rings. The third kappa shape index (κ3) is 3.46. The Balaban J connectivity index is 2.21. The summed E-state index contributed by atoms with van der Waals surface area (Å²) < 4.78 is 26.5. The molecule has 20 heavy (non-hydrogen) atoms. The molecule has 1 aliphatic heterocycles. The van der Waals surface area contributed by atoms with Crippen LogP contribution in [0.2, 0.25) is 10.0 Å². The van der Waals surface area contributed by atoms with E-state index in [4.69, 9.17) is 23.2 Å². The number of nitrogens with one attached hydrogen (secondary N) is 1. The first-order chi connectivity index (χ1) is 9.43. The summed E-state index contributed by atoms with van der Waals surface area (Å²) in [5.41, 5.74) is 0. The number of rotatable bonds is 4. The van der Waals surface area contributed by atoms with Crippen molar-refractivity contribution < 1.29 is 8.42 Å². The lowest BCUT2D eigenvalue weighted by molar-refractivity contribution is 0.315. The number of halogens is 2. The van der Waals surface area contributed by atoms with Gasteiger partial charge in [-0.25, -0.2) is 12.7 Å². The van der Waals surface area contributed by atoms with Gasteiger partial charge in [0.1, 0.15) is 4.90 Å². The Hall–Kier alpha value is -0.330. The van der Waals surface area contributed by atoms with Gasteiger partial charge in [-0.2, -0.15) is 0 Å². The lowest BCUT2D eigenvalue weighted by atomic mass is 10.00. The monoisotopic (exact) mass is 336 g/mol. The van der Waals surface area contributed by atoms with Crippen LogP contribution in [0.1, 0.15) is 12.8 Å². The van der Waals surface area contributed by atoms with Gasteiger partial charge in [0, 0.05) is 13.6 Å². The van der Waals surface area contributed by atoms with Crippen LogP contribution in [0.15, 0.2) is 23.1 Å². The summed E-state index contributed by atoms with van der Waals surface area (Å²) in [6.45, 7) is 2.32. The molecule has 0 saturated carbocycles. The highest BCUT2D eigenvalue weighted by Gasteiger charge is 2.28. The molecule has 112 valence electrons. The van der Waals surface area contributed by atoms with Crippen molar-refractivity contribution in [2.75, 3.05) is 26.7 Å². The maximum Gasteiger partial charge on any atom is 0.245 e. The quantitative estimate of drug-likeness (QED) is 0.919. The van der Waals surface area contributed by atoms with Crippen molar-refractivity contribution >= 4 is 33.2 Å². The molecule has 0 aromatic heterocycles. The lowest BCUT2D eigenvalue weighted by Crippen LogP contribution is -2.39. The molecule has 0 radical (unpaired) electrons. The Kier molecular flexibility index (Phi) is 5.31. The predicted molar refractivity (Wildman–Crippen MR) is 81.9 cm³/mol. The standard InChI is InChI=1S/C13H18Cl2N2O2S/c1-17(9-10-4-3-7-16-8-10)20(18,19)13-11(14)5-2-6-12(13)15/h2,5-6,10,16H,3-4,7-9H2,1H3. The summed E-state index contributed by atoms with van der Waals surface area (Å²) in [6, 6.07) is 4.71. The largest absolute Gasteiger partial charge is 0.316 e. The van der Waals surface area contributed by atoms with Crippen LogP contribution in [0.4, 0.5) is 0 Å². The van der Waals surface area contributed by atoms with Crippen LogP contribution in [0.5, 0.6) is 0 Å². The van der Waals surface area contributed by atoms with Crippen LogP contribution >= 0.6 is 23.2 Å². The van der Waals surface area contributed by atoms with Crippen molar-refractivity contribution in [3.63, 3.8) is 0 Å². The molecule has 0 spiro atoms. The topological polar surface area (TPSA) is 49.4 Å². The summed E-state index contributed by atoms with van der Waals surface area (Å²) in [5, 5.41) is 3.60. The highest BCUT2D eigenvalue weighted by Crippen LogP contribution is 2.31. The molecular formula is C13H18Cl2N2O2S. The Morgan fingerprint density at radius 1 is 1.35 bits per heavy atom. The van der Waals surface area contributed by atoms with E-state index in [2.05, 4.69) is 5.32 Å². The van der Waals surface area contributed by atoms with Gasteiger partial charge >= 0.3 is 0 Å². The van der Waals surface area contributed by atoms with E-state index in [1.165, 1.54) is 16.4 Å². The molecule has 1 aliphatic rings.